The van der Waals surface area contributed by atoms with Gasteiger partial charge in [0.05, 0.1) is 0 Å². The van der Waals surface area contributed by atoms with Crippen LogP contribution in [-0.2, 0) is 4.79 Å². The highest BCUT2D eigenvalue weighted by Gasteiger charge is 2.14. The summed E-state index contributed by atoms with van der Waals surface area (Å²) >= 11 is 0. The van der Waals surface area contributed by atoms with Gasteiger partial charge < -0.3 is 10.2 Å². The third kappa shape index (κ3) is 3.72. The van der Waals surface area contributed by atoms with Crippen LogP contribution in [0.5, 0.6) is 0 Å². The lowest BCUT2D eigenvalue weighted by molar-refractivity contribution is -0.116. The molecule has 1 heterocycles. The summed E-state index contributed by atoms with van der Waals surface area (Å²) < 4.78 is 0. The Hall–Kier alpha value is -1.51. The number of carbonyl (C=O) groups excluding carboxylic acids is 1. The van der Waals surface area contributed by atoms with Crippen LogP contribution in [0.2, 0.25) is 0 Å². The number of nitrogens with one attached hydrogen (secondary N) is 1. The number of hydrogen-bond acceptors (Lipinski definition) is 2. The van der Waals surface area contributed by atoms with Gasteiger partial charge in [-0.1, -0.05) is 19.9 Å². The Labute approximate surface area is 116 Å². The lowest BCUT2D eigenvalue weighted by Gasteiger charge is -2.19. The van der Waals surface area contributed by atoms with E-state index >= 15 is 0 Å². The number of carbonyl (C=O) groups is 1. The zero-order valence-electron chi connectivity index (χ0n) is 12.2. The van der Waals surface area contributed by atoms with Crippen molar-refractivity contribution in [1.82, 2.24) is 0 Å². The molecule has 1 saturated heterocycles. The minimum absolute atomic E-state index is 0.108. The van der Waals surface area contributed by atoms with E-state index in [4.69, 9.17) is 0 Å². The van der Waals surface area contributed by atoms with Gasteiger partial charge in [0, 0.05) is 30.9 Å². The fourth-order valence-electron chi connectivity index (χ4n) is 2.49. The van der Waals surface area contributed by atoms with Crippen molar-refractivity contribution in [1.29, 1.82) is 0 Å². The average molecular weight is 260 g/mol. The van der Waals surface area contributed by atoms with Gasteiger partial charge in [-0.3, -0.25) is 4.79 Å². The molecule has 0 aliphatic carbocycles. The molecule has 0 unspecified atom stereocenters. The van der Waals surface area contributed by atoms with E-state index in [9.17, 15) is 4.79 Å². The van der Waals surface area contributed by atoms with E-state index < -0.39 is 0 Å². The van der Waals surface area contributed by atoms with Crippen LogP contribution in [0.3, 0.4) is 0 Å². The minimum Gasteiger partial charge on any atom is -0.371 e. The highest BCUT2D eigenvalue weighted by molar-refractivity contribution is 5.92. The van der Waals surface area contributed by atoms with Gasteiger partial charge in [-0.05, 0) is 43.4 Å². The monoisotopic (exact) mass is 260 g/mol. The number of hydrogen-bond donors (Lipinski definition) is 1. The molecule has 0 atom stereocenters. The number of nitrogens with zero attached hydrogens (tertiary/aromatic N) is 1. The minimum atomic E-state index is 0.108. The van der Waals surface area contributed by atoms with Crippen LogP contribution in [0.4, 0.5) is 11.4 Å². The molecule has 0 bridgehead atoms. The first kappa shape index (κ1) is 13.9. The highest BCUT2D eigenvalue weighted by Crippen LogP contribution is 2.26. The molecule has 19 heavy (non-hydrogen) atoms. The van der Waals surface area contributed by atoms with Gasteiger partial charge in [0.25, 0.3) is 0 Å². The predicted molar refractivity (Wildman–Crippen MR) is 80.7 cm³/mol. The molecular weight excluding hydrogens is 236 g/mol. The summed E-state index contributed by atoms with van der Waals surface area (Å²) in [7, 11) is 0. The van der Waals surface area contributed by atoms with Crippen molar-refractivity contribution in [2.24, 2.45) is 5.92 Å². The van der Waals surface area contributed by atoms with Crippen molar-refractivity contribution >= 4 is 17.3 Å². The molecule has 0 aromatic heterocycles. The van der Waals surface area contributed by atoms with Crippen LogP contribution >= 0.6 is 0 Å². The fraction of sp³-hybridized carbons (Fsp3) is 0.562. The SMILES string of the molecule is Cc1ccc(N2CCCC2)cc1NC(=O)CC(C)C. The first-order valence-electron chi connectivity index (χ1n) is 7.21. The topological polar surface area (TPSA) is 32.3 Å². The third-order valence-electron chi connectivity index (χ3n) is 3.56. The Balaban J connectivity index is 2.10. The second-order valence-electron chi connectivity index (χ2n) is 5.84. The molecule has 3 heteroatoms. The Morgan fingerprint density at radius 1 is 1.32 bits per heavy atom. The van der Waals surface area contributed by atoms with Gasteiger partial charge in [0.1, 0.15) is 0 Å². The summed E-state index contributed by atoms with van der Waals surface area (Å²) in [5.74, 6) is 0.499. The summed E-state index contributed by atoms with van der Waals surface area (Å²) in [6, 6.07) is 6.36. The smallest absolute Gasteiger partial charge is 0.224 e. The van der Waals surface area contributed by atoms with Gasteiger partial charge in [0.2, 0.25) is 5.91 Å². The molecule has 1 amide bonds. The molecule has 3 nitrogen and oxygen atoms in total. The molecule has 0 spiro atoms. The highest BCUT2D eigenvalue weighted by atomic mass is 16.1. The van der Waals surface area contributed by atoms with E-state index in [2.05, 4.69) is 42.3 Å². The third-order valence-corrected chi connectivity index (χ3v) is 3.56. The van der Waals surface area contributed by atoms with E-state index in [1.54, 1.807) is 0 Å². The maximum Gasteiger partial charge on any atom is 0.224 e. The van der Waals surface area contributed by atoms with Crippen LogP contribution in [0.1, 0.15) is 38.7 Å². The summed E-state index contributed by atoms with van der Waals surface area (Å²) in [4.78, 5) is 14.3. The Morgan fingerprint density at radius 2 is 2.00 bits per heavy atom. The van der Waals surface area contributed by atoms with Crippen molar-refractivity contribution in [3.05, 3.63) is 23.8 Å². The molecule has 2 rings (SSSR count). The first-order valence-corrected chi connectivity index (χ1v) is 7.21. The molecule has 104 valence electrons. The van der Waals surface area contributed by atoms with Crippen molar-refractivity contribution in [2.45, 2.75) is 40.0 Å². The summed E-state index contributed by atoms with van der Waals surface area (Å²) in [6.07, 6.45) is 3.11. The van der Waals surface area contributed by atoms with Crippen LogP contribution < -0.4 is 10.2 Å². The van der Waals surface area contributed by atoms with Crippen molar-refractivity contribution in [3.63, 3.8) is 0 Å². The molecule has 0 saturated carbocycles. The fourth-order valence-corrected chi connectivity index (χ4v) is 2.49. The second kappa shape index (κ2) is 6.09. The van der Waals surface area contributed by atoms with Gasteiger partial charge in [-0.15, -0.1) is 0 Å². The standard InChI is InChI=1S/C16H24N2O/c1-12(2)10-16(19)17-15-11-14(7-6-13(15)3)18-8-4-5-9-18/h6-7,11-12H,4-5,8-10H2,1-3H3,(H,17,19). The normalized spacial score (nSPS) is 15.1. The van der Waals surface area contributed by atoms with E-state index in [1.165, 1.54) is 18.5 Å². The number of benzene rings is 1. The molecule has 1 aromatic rings. The molecule has 0 radical (unpaired) electrons. The first-order chi connectivity index (χ1) is 9.06. The average Bonchev–Trinajstić information content (AvgIpc) is 2.84. The predicted octanol–water partition coefficient (Wildman–Crippen LogP) is 3.58. The van der Waals surface area contributed by atoms with Crippen LogP contribution in [-0.4, -0.2) is 19.0 Å². The van der Waals surface area contributed by atoms with Gasteiger partial charge in [-0.25, -0.2) is 0 Å². The molecule has 1 aromatic carbocycles. The lowest BCUT2D eigenvalue weighted by atomic mass is 10.1. The van der Waals surface area contributed by atoms with Gasteiger partial charge in [0.15, 0.2) is 0 Å². The zero-order chi connectivity index (χ0) is 13.8. The van der Waals surface area contributed by atoms with Crippen molar-refractivity contribution in [3.8, 4) is 0 Å². The number of aryl methyl sites for hydroxylation is 1. The van der Waals surface area contributed by atoms with Crippen molar-refractivity contribution in [2.75, 3.05) is 23.3 Å². The lowest BCUT2D eigenvalue weighted by Crippen LogP contribution is -2.19. The Bertz CT molecular complexity index is 448. The maximum atomic E-state index is 11.9. The summed E-state index contributed by atoms with van der Waals surface area (Å²) in [5.41, 5.74) is 3.30. The quantitative estimate of drug-likeness (QED) is 0.897. The second-order valence-corrected chi connectivity index (χ2v) is 5.84. The van der Waals surface area contributed by atoms with E-state index in [0.717, 1.165) is 24.3 Å². The maximum absolute atomic E-state index is 11.9. The summed E-state index contributed by atoms with van der Waals surface area (Å²) in [6.45, 7) is 8.42. The number of rotatable bonds is 4. The van der Waals surface area contributed by atoms with E-state index in [1.807, 2.05) is 6.92 Å². The molecular formula is C16H24N2O. The molecule has 1 aliphatic heterocycles. The summed E-state index contributed by atoms with van der Waals surface area (Å²) in [5, 5.41) is 3.04. The Morgan fingerprint density at radius 3 is 2.63 bits per heavy atom. The molecule has 1 aliphatic rings. The Kier molecular flexibility index (Phi) is 4.46. The number of amides is 1. The van der Waals surface area contributed by atoms with E-state index in [0.29, 0.717) is 12.3 Å². The van der Waals surface area contributed by atoms with Crippen LogP contribution in [0.15, 0.2) is 18.2 Å². The van der Waals surface area contributed by atoms with Gasteiger partial charge in [-0.2, -0.15) is 0 Å². The van der Waals surface area contributed by atoms with E-state index in [-0.39, 0.29) is 5.91 Å². The zero-order valence-corrected chi connectivity index (χ0v) is 12.2. The van der Waals surface area contributed by atoms with Gasteiger partial charge >= 0.3 is 0 Å². The van der Waals surface area contributed by atoms with Crippen molar-refractivity contribution < 1.29 is 4.79 Å². The molecule has 1 fully saturated rings. The molecule has 1 N–H and O–H groups in total. The van der Waals surface area contributed by atoms with Crippen LogP contribution in [0, 0.1) is 12.8 Å². The largest absolute Gasteiger partial charge is 0.371 e. The van der Waals surface area contributed by atoms with Crippen LogP contribution in [0.25, 0.3) is 0 Å². The number of anilines is 2.